The predicted octanol–water partition coefficient (Wildman–Crippen LogP) is 2.44. The van der Waals surface area contributed by atoms with E-state index in [2.05, 4.69) is 5.92 Å². The smallest absolute Gasteiger partial charge is 0.118 e. The van der Waals surface area contributed by atoms with Crippen molar-refractivity contribution < 1.29 is 0 Å². The molecule has 1 aromatic carbocycles. The van der Waals surface area contributed by atoms with E-state index < -0.39 is 0 Å². The molecule has 0 unspecified atom stereocenters. The molecule has 0 N–H and O–H groups in total. The molecule has 49 valence electrons. The highest BCUT2D eigenvalue weighted by atomic mass is 35.5. The van der Waals surface area contributed by atoms with Gasteiger partial charge in [-0.3, -0.25) is 0 Å². The van der Waals surface area contributed by atoms with E-state index in [9.17, 15) is 0 Å². The molecule has 1 radical (unpaired) electrons. The van der Waals surface area contributed by atoms with Crippen LogP contribution in [-0.4, -0.2) is 0 Å². The van der Waals surface area contributed by atoms with Gasteiger partial charge in [-0.1, -0.05) is 47.9 Å². The Bertz CT molecular complexity index is 233. The minimum Gasteiger partial charge on any atom is -0.118 e. The van der Waals surface area contributed by atoms with Crippen molar-refractivity contribution in [1.29, 1.82) is 0 Å². The molecular formula is C9H6Cl. The fourth-order valence-corrected chi connectivity index (χ4v) is 0.794. The largest absolute Gasteiger partial charge is 0.164 e. The van der Waals surface area contributed by atoms with Gasteiger partial charge in [-0.25, -0.2) is 0 Å². The lowest BCUT2D eigenvalue weighted by atomic mass is 10.2. The standard InChI is InChI=1S/C9H6Cl/c1-2-9(10)8-6-4-3-5-7-8/h1,3-7H. The third-order valence-electron chi connectivity index (χ3n) is 1.15. The average Bonchev–Trinajstić information content (AvgIpc) is 2.05. The number of halogens is 1. The van der Waals surface area contributed by atoms with E-state index in [-0.39, 0.29) is 0 Å². The zero-order chi connectivity index (χ0) is 7.40. The van der Waals surface area contributed by atoms with Crippen LogP contribution in [-0.2, 0) is 0 Å². The first-order chi connectivity index (χ1) is 4.84. The van der Waals surface area contributed by atoms with Crippen LogP contribution in [0.2, 0.25) is 0 Å². The van der Waals surface area contributed by atoms with Crippen molar-refractivity contribution in [3.63, 3.8) is 0 Å². The molecule has 1 aromatic rings. The minimum absolute atomic E-state index is 0.459. The zero-order valence-corrected chi connectivity index (χ0v) is 6.10. The number of rotatable bonds is 1. The number of hydrogen-bond donors (Lipinski definition) is 0. The Labute approximate surface area is 65.8 Å². The van der Waals surface area contributed by atoms with Crippen LogP contribution in [0.3, 0.4) is 0 Å². The van der Waals surface area contributed by atoms with Crippen molar-refractivity contribution in [2.75, 3.05) is 0 Å². The summed E-state index contributed by atoms with van der Waals surface area (Å²) in [5.74, 6) is 2.36. The van der Waals surface area contributed by atoms with E-state index in [4.69, 9.17) is 18.0 Å². The minimum atomic E-state index is 0.459. The second kappa shape index (κ2) is 3.29. The Kier molecular flexibility index (Phi) is 2.36. The molecule has 0 saturated carbocycles. The quantitative estimate of drug-likeness (QED) is 0.538. The predicted molar refractivity (Wildman–Crippen MR) is 43.5 cm³/mol. The molecule has 0 atom stereocenters. The summed E-state index contributed by atoms with van der Waals surface area (Å²) >= 11 is 5.67. The second-order valence-electron chi connectivity index (χ2n) is 1.82. The van der Waals surface area contributed by atoms with Gasteiger partial charge in [0.1, 0.15) is 0 Å². The fourth-order valence-electron chi connectivity index (χ4n) is 0.668. The van der Waals surface area contributed by atoms with Gasteiger partial charge in [-0.15, -0.1) is 6.42 Å². The first kappa shape index (κ1) is 7.18. The van der Waals surface area contributed by atoms with Crippen LogP contribution in [0.1, 0.15) is 5.56 Å². The van der Waals surface area contributed by atoms with Crippen molar-refractivity contribution >= 4 is 11.6 Å². The van der Waals surface area contributed by atoms with Crippen molar-refractivity contribution in [1.82, 2.24) is 0 Å². The first-order valence-corrected chi connectivity index (χ1v) is 3.27. The maximum absolute atomic E-state index is 5.67. The topological polar surface area (TPSA) is 0 Å². The summed E-state index contributed by atoms with van der Waals surface area (Å²) in [6, 6.07) is 9.47. The molecule has 0 aromatic heterocycles. The van der Waals surface area contributed by atoms with Gasteiger partial charge in [0.2, 0.25) is 0 Å². The molecule has 0 nitrogen and oxygen atoms in total. The molecule has 0 aliphatic heterocycles. The average molecular weight is 150 g/mol. The van der Waals surface area contributed by atoms with Gasteiger partial charge < -0.3 is 0 Å². The van der Waals surface area contributed by atoms with Crippen molar-refractivity contribution in [3.8, 4) is 12.3 Å². The fraction of sp³-hybridized carbons (Fsp3) is 0. The Morgan fingerprint density at radius 3 is 2.40 bits per heavy atom. The second-order valence-corrected chi connectivity index (χ2v) is 2.20. The molecule has 0 aliphatic carbocycles. The number of benzene rings is 1. The third kappa shape index (κ3) is 1.52. The van der Waals surface area contributed by atoms with Gasteiger partial charge >= 0.3 is 0 Å². The van der Waals surface area contributed by atoms with Gasteiger partial charge in [-0.05, 0) is 5.56 Å². The normalized spacial score (nSPS) is 9.30. The van der Waals surface area contributed by atoms with E-state index in [1.165, 1.54) is 0 Å². The molecule has 0 saturated heterocycles. The number of hydrogen-bond acceptors (Lipinski definition) is 0. The van der Waals surface area contributed by atoms with Crippen molar-refractivity contribution in [2.45, 2.75) is 0 Å². The Balaban J connectivity index is 2.88. The molecule has 0 heterocycles. The highest BCUT2D eigenvalue weighted by molar-refractivity contribution is 6.31. The Morgan fingerprint density at radius 2 is 1.90 bits per heavy atom. The van der Waals surface area contributed by atoms with Crippen LogP contribution < -0.4 is 0 Å². The molecule has 0 aliphatic rings. The number of terminal acetylenes is 1. The van der Waals surface area contributed by atoms with E-state index >= 15 is 0 Å². The van der Waals surface area contributed by atoms with E-state index in [1.54, 1.807) is 0 Å². The maximum atomic E-state index is 5.67. The summed E-state index contributed by atoms with van der Waals surface area (Å²) in [4.78, 5) is 0. The first-order valence-electron chi connectivity index (χ1n) is 2.89. The summed E-state index contributed by atoms with van der Waals surface area (Å²) < 4.78 is 0. The highest BCUT2D eigenvalue weighted by Gasteiger charge is 2.01. The molecule has 0 spiro atoms. The van der Waals surface area contributed by atoms with Crippen molar-refractivity contribution in [2.24, 2.45) is 0 Å². The van der Waals surface area contributed by atoms with Gasteiger partial charge in [0, 0.05) is 0 Å². The van der Waals surface area contributed by atoms with Gasteiger partial charge in [0.15, 0.2) is 5.38 Å². The van der Waals surface area contributed by atoms with Gasteiger partial charge in [0.05, 0.1) is 0 Å². The monoisotopic (exact) mass is 149 g/mol. The summed E-state index contributed by atoms with van der Waals surface area (Å²) in [6.07, 6.45) is 5.09. The van der Waals surface area contributed by atoms with Crippen LogP contribution in [0, 0.1) is 17.7 Å². The molecule has 1 heteroatoms. The van der Waals surface area contributed by atoms with E-state index in [1.807, 2.05) is 30.3 Å². The molecular weight excluding hydrogens is 144 g/mol. The Hall–Kier alpha value is -0.930. The Morgan fingerprint density at radius 1 is 1.30 bits per heavy atom. The van der Waals surface area contributed by atoms with Crippen molar-refractivity contribution in [3.05, 3.63) is 41.3 Å². The van der Waals surface area contributed by atoms with Crippen LogP contribution >= 0.6 is 11.6 Å². The van der Waals surface area contributed by atoms with E-state index in [0.717, 1.165) is 5.56 Å². The molecule has 10 heavy (non-hydrogen) atoms. The van der Waals surface area contributed by atoms with Gasteiger partial charge in [-0.2, -0.15) is 0 Å². The van der Waals surface area contributed by atoms with Crippen LogP contribution in [0.4, 0.5) is 0 Å². The summed E-state index contributed by atoms with van der Waals surface area (Å²) in [5, 5.41) is 0.459. The highest BCUT2D eigenvalue weighted by Crippen LogP contribution is 2.16. The zero-order valence-electron chi connectivity index (χ0n) is 5.34. The molecule has 1 rings (SSSR count). The SMILES string of the molecule is C#C[C](Cl)c1ccccc1. The lowest BCUT2D eigenvalue weighted by Gasteiger charge is -1.97. The van der Waals surface area contributed by atoms with Crippen LogP contribution in [0.25, 0.3) is 0 Å². The molecule has 0 amide bonds. The summed E-state index contributed by atoms with van der Waals surface area (Å²) in [6.45, 7) is 0. The molecule has 0 bridgehead atoms. The third-order valence-corrected chi connectivity index (χ3v) is 1.48. The van der Waals surface area contributed by atoms with Gasteiger partial charge in [0.25, 0.3) is 0 Å². The summed E-state index contributed by atoms with van der Waals surface area (Å²) in [5.41, 5.74) is 0.895. The van der Waals surface area contributed by atoms with Crippen LogP contribution in [0.5, 0.6) is 0 Å². The lowest BCUT2D eigenvalue weighted by Crippen LogP contribution is -1.84. The van der Waals surface area contributed by atoms with E-state index in [0.29, 0.717) is 5.38 Å². The molecule has 0 fully saturated rings. The lowest BCUT2D eigenvalue weighted by molar-refractivity contribution is 1.51. The maximum Gasteiger partial charge on any atom is 0.164 e. The van der Waals surface area contributed by atoms with Crippen LogP contribution in [0.15, 0.2) is 30.3 Å². The summed E-state index contributed by atoms with van der Waals surface area (Å²) in [7, 11) is 0.